The summed E-state index contributed by atoms with van der Waals surface area (Å²) in [6, 6.07) is 5.28. The van der Waals surface area contributed by atoms with Gasteiger partial charge in [0.2, 0.25) is 8.32 Å². The molecule has 0 amide bonds. The lowest BCUT2D eigenvalue weighted by molar-refractivity contribution is 0.101. The molecule has 0 heterocycles. The van der Waals surface area contributed by atoms with Crippen LogP contribution in [0.5, 0.6) is 11.5 Å². The fourth-order valence-electron chi connectivity index (χ4n) is 1.30. The van der Waals surface area contributed by atoms with Gasteiger partial charge in [-0.15, -0.1) is 0 Å². The molecule has 0 N–H and O–H groups in total. The minimum atomic E-state index is -1.66. The van der Waals surface area contributed by atoms with E-state index in [1.807, 2.05) is 0 Å². The van der Waals surface area contributed by atoms with E-state index in [1.165, 1.54) is 6.92 Å². The maximum Gasteiger partial charge on any atom is 0.242 e. The van der Waals surface area contributed by atoms with Crippen LogP contribution in [-0.4, -0.2) is 21.2 Å². The molecule has 0 bridgehead atoms. The molecule has 1 aromatic carbocycles. The molecular formula is C12H18O3Si. The summed E-state index contributed by atoms with van der Waals surface area (Å²) in [5, 5.41) is 0. The standard InChI is InChI=1S/C12H18O3Si/c1-9(13)10-6-7-11(12(8-10)14-2)15-16(3,4)5/h6-8H,1-5H3. The molecule has 0 unspecified atom stereocenters. The number of rotatable bonds is 4. The van der Waals surface area contributed by atoms with E-state index < -0.39 is 8.32 Å². The lowest BCUT2D eigenvalue weighted by Gasteiger charge is -2.21. The SMILES string of the molecule is COc1cc(C(C)=O)ccc1O[Si](C)(C)C. The van der Waals surface area contributed by atoms with Crippen LogP contribution in [0.25, 0.3) is 0 Å². The molecule has 0 atom stereocenters. The Morgan fingerprint density at radius 3 is 2.25 bits per heavy atom. The van der Waals surface area contributed by atoms with Crippen LogP contribution in [0.4, 0.5) is 0 Å². The molecule has 0 saturated heterocycles. The van der Waals surface area contributed by atoms with Crippen LogP contribution in [0.2, 0.25) is 19.6 Å². The third kappa shape index (κ3) is 3.38. The second-order valence-corrected chi connectivity index (χ2v) is 9.07. The highest BCUT2D eigenvalue weighted by molar-refractivity contribution is 6.70. The Bertz CT molecular complexity index is 394. The summed E-state index contributed by atoms with van der Waals surface area (Å²) in [6.07, 6.45) is 0. The quantitative estimate of drug-likeness (QED) is 0.597. The summed E-state index contributed by atoms with van der Waals surface area (Å²) in [4.78, 5) is 11.2. The van der Waals surface area contributed by atoms with E-state index in [9.17, 15) is 4.79 Å². The summed E-state index contributed by atoms with van der Waals surface area (Å²) in [5.74, 6) is 1.36. The number of carbonyl (C=O) groups excluding carboxylic acids is 1. The van der Waals surface area contributed by atoms with Crippen LogP contribution in [0.3, 0.4) is 0 Å². The Morgan fingerprint density at radius 2 is 1.81 bits per heavy atom. The van der Waals surface area contributed by atoms with Gasteiger partial charge < -0.3 is 9.16 Å². The second kappa shape index (κ2) is 4.70. The lowest BCUT2D eigenvalue weighted by atomic mass is 10.1. The highest BCUT2D eigenvalue weighted by Gasteiger charge is 2.19. The molecule has 0 fully saturated rings. The average molecular weight is 238 g/mol. The van der Waals surface area contributed by atoms with Crippen LogP contribution < -0.4 is 9.16 Å². The van der Waals surface area contributed by atoms with Crippen LogP contribution in [0.1, 0.15) is 17.3 Å². The van der Waals surface area contributed by atoms with Crippen LogP contribution in [0.15, 0.2) is 18.2 Å². The van der Waals surface area contributed by atoms with Gasteiger partial charge in [-0.1, -0.05) is 0 Å². The van der Waals surface area contributed by atoms with Crippen molar-refractivity contribution >= 4 is 14.1 Å². The Kier molecular flexibility index (Phi) is 3.75. The minimum absolute atomic E-state index is 0.0258. The molecule has 1 aromatic rings. The third-order valence-electron chi connectivity index (χ3n) is 1.99. The molecule has 0 spiro atoms. The Hall–Kier alpha value is -1.29. The van der Waals surface area contributed by atoms with E-state index in [4.69, 9.17) is 9.16 Å². The third-order valence-corrected chi connectivity index (χ3v) is 2.82. The smallest absolute Gasteiger partial charge is 0.242 e. The number of methoxy groups -OCH3 is 1. The molecular weight excluding hydrogens is 220 g/mol. The number of ketones is 1. The Morgan fingerprint density at radius 1 is 1.19 bits per heavy atom. The van der Waals surface area contributed by atoms with Gasteiger partial charge in [0.1, 0.15) is 5.75 Å². The minimum Gasteiger partial charge on any atom is -0.542 e. The van der Waals surface area contributed by atoms with Gasteiger partial charge in [-0.2, -0.15) is 0 Å². The molecule has 0 aliphatic heterocycles. The largest absolute Gasteiger partial charge is 0.542 e. The zero-order valence-corrected chi connectivity index (χ0v) is 11.5. The van der Waals surface area contributed by atoms with Crippen molar-refractivity contribution in [3.05, 3.63) is 23.8 Å². The summed E-state index contributed by atoms with van der Waals surface area (Å²) in [5.41, 5.74) is 0.639. The van der Waals surface area contributed by atoms with Crippen molar-refractivity contribution in [3.63, 3.8) is 0 Å². The van der Waals surface area contributed by atoms with E-state index in [-0.39, 0.29) is 5.78 Å². The van der Waals surface area contributed by atoms with Crippen molar-refractivity contribution in [1.29, 1.82) is 0 Å². The Labute approximate surface area is 97.5 Å². The fourth-order valence-corrected chi connectivity index (χ4v) is 2.13. The maximum absolute atomic E-state index is 11.2. The normalized spacial score (nSPS) is 11.1. The molecule has 0 saturated carbocycles. The fraction of sp³-hybridized carbons (Fsp3) is 0.417. The van der Waals surface area contributed by atoms with E-state index in [1.54, 1.807) is 25.3 Å². The first kappa shape index (κ1) is 12.8. The van der Waals surface area contributed by atoms with Crippen molar-refractivity contribution in [2.75, 3.05) is 7.11 Å². The number of benzene rings is 1. The van der Waals surface area contributed by atoms with Gasteiger partial charge in [-0.25, -0.2) is 0 Å². The zero-order chi connectivity index (χ0) is 12.3. The van der Waals surface area contributed by atoms with Gasteiger partial charge in [-0.3, -0.25) is 4.79 Å². The van der Waals surface area contributed by atoms with E-state index in [2.05, 4.69) is 19.6 Å². The number of Topliss-reactive ketones (excluding diaryl/α,β-unsaturated/α-hetero) is 1. The first-order chi connectivity index (χ1) is 7.33. The lowest BCUT2D eigenvalue weighted by Crippen LogP contribution is -2.29. The van der Waals surface area contributed by atoms with E-state index in [0.29, 0.717) is 17.1 Å². The number of ether oxygens (including phenoxy) is 1. The molecule has 16 heavy (non-hydrogen) atoms. The number of hydrogen-bond acceptors (Lipinski definition) is 3. The second-order valence-electron chi connectivity index (χ2n) is 4.64. The van der Waals surface area contributed by atoms with Crippen LogP contribution in [-0.2, 0) is 0 Å². The summed E-state index contributed by atoms with van der Waals surface area (Å²) in [6.45, 7) is 7.84. The van der Waals surface area contributed by atoms with Gasteiger partial charge >= 0.3 is 0 Å². The van der Waals surface area contributed by atoms with Crippen molar-refractivity contribution in [3.8, 4) is 11.5 Å². The molecule has 4 heteroatoms. The van der Waals surface area contributed by atoms with Gasteiger partial charge in [0.15, 0.2) is 11.5 Å². The molecule has 88 valence electrons. The Balaban J connectivity index is 3.07. The van der Waals surface area contributed by atoms with E-state index >= 15 is 0 Å². The number of carbonyl (C=O) groups is 1. The van der Waals surface area contributed by atoms with Crippen molar-refractivity contribution < 1.29 is 14.0 Å². The zero-order valence-electron chi connectivity index (χ0n) is 10.5. The average Bonchev–Trinajstić information content (AvgIpc) is 2.15. The monoisotopic (exact) mass is 238 g/mol. The van der Waals surface area contributed by atoms with Crippen LogP contribution >= 0.6 is 0 Å². The van der Waals surface area contributed by atoms with E-state index in [0.717, 1.165) is 0 Å². The van der Waals surface area contributed by atoms with Crippen molar-refractivity contribution in [2.45, 2.75) is 26.6 Å². The highest BCUT2D eigenvalue weighted by Crippen LogP contribution is 2.30. The maximum atomic E-state index is 11.2. The first-order valence-corrected chi connectivity index (χ1v) is 8.62. The predicted octanol–water partition coefficient (Wildman–Crippen LogP) is 3.11. The topological polar surface area (TPSA) is 35.5 Å². The molecule has 3 nitrogen and oxygen atoms in total. The molecule has 0 radical (unpaired) electrons. The van der Waals surface area contributed by atoms with Crippen molar-refractivity contribution in [2.24, 2.45) is 0 Å². The first-order valence-electron chi connectivity index (χ1n) is 5.21. The van der Waals surface area contributed by atoms with Gasteiger partial charge in [0.05, 0.1) is 7.11 Å². The van der Waals surface area contributed by atoms with Gasteiger partial charge in [0, 0.05) is 5.56 Å². The molecule has 1 rings (SSSR count). The van der Waals surface area contributed by atoms with Gasteiger partial charge in [-0.05, 0) is 44.8 Å². The number of hydrogen-bond donors (Lipinski definition) is 0. The highest BCUT2D eigenvalue weighted by atomic mass is 28.4. The van der Waals surface area contributed by atoms with Crippen molar-refractivity contribution in [1.82, 2.24) is 0 Å². The predicted molar refractivity (Wildman–Crippen MR) is 67.0 cm³/mol. The summed E-state index contributed by atoms with van der Waals surface area (Å²) < 4.78 is 11.1. The summed E-state index contributed by atoms with van der Waals surface area (Å²) in [7, 11) is -0.0755. The summed E-state index contributed by atoms with van der Waals surface area (Å²) >= 11 is 0. The molecule has 0 aromatic heterocycles. The van der Waals surface area contributed by atoms with Crippen LogP contribution in [0, 0.1) is 0 Å². The molecule has 0 aliphatic carbocycles. The molecule has 0 aliphatic rings. The van der Waals surface area contributed by atoms with Gasteiger partial charge in [0.25, 0.3) is 0 Å².